The lowest BCUT2D eigenvalue weighted by Crippen LogP contribution is -2.37. The largest absolute Gasteiger partial charge is 0.463 e. The number of rotatable bonds is 4. The van der Waals surface area contributed by atoms with Crippen molar-refractivity contribution in [2.24, 2.45) is 5.16 Å². The van der Waals surface area contributed by atoms with Crippen LogP contribution in [0.2, 0.25) is 10.0 Å². The molecule has 1 aromatic heterocycles. The second-order valence-corrected chi connectivity index (χ2v) is 6.88. The van der Waals surface area contributed by atoms with Crippen LogP contribution in [0, 0.1) is 11.8 Å². The second kappa shape index (κ2) is 7.40. The van der Waals surface area contributed by atoms with E-state index in [0.717, 1.165) is 12.3 Å². The van der Waals surface area contributed by atoms with Crippen molar-refractivity contribution in [2.45, 2.75) is 25.9 Å². The minimum atomic E-state index is -1.29. The van der Waals surface area contributed by atoms with Crippen LogP contribution in [-0.4, -0.2) is 28.9 Å². The molecule has 9 heteroatoms. The molecule has 5 nitrogen and oxygen atoms in total. The molecule has 0 saturated carbocycles. The molecule has 27 heavy (non-hydrogen) atoms. The lowest BCUT2D eigenvalue weighted by atomic mass is 9.94. The molecule has 1 atom stereocenters. The van der Waals surface area contributed by atoms with Crippen molar-refractivity contribution in [1.29, 1.82) is 0 Å². The van der Waals surface area contributed by atoms with Gasteiger partial charge in [-0.05, 0) is 32.0 Å². The molecule has 1 aliphatic heterocycles. The predicted octanol–water partition coefficient (Wildman–Crippen LogP) is 4.78. The summed E-state index contributed by atoms with van der Waals surface area (Å²) >= 11 is 11.9. The average Bonchev–Trinajstić information content (AvgIpc) is 3.01. The molecule has 0 radical (unpaired) electrons. The molecule has 0 bridgehead atoms. The minimum absolute atomic E-state index is 0.0906. The fraction of sp³-hybridized carbons (Fsp3) is 0.278. The maximum Gasteiger partial charge on any atom is 0.353 e. The molecule has 3 rings (SSSR count). The summed E-state index contributed by atoms with van der Waals surface area (Å²) in [6.07, 6.45) is 1.26. The monoisotopic (exact) mass is 414 g/mol. The molecular formula is C18H14Cl2F2N2O3. The first kappa shape index (κ1) is 19.5. The molecule has 0 amide bonds. The van der Waals surface area contributed by atoms with Crippen LogP contribution < -0.4 is 0 Å². The van der Waals surface area contributed by atoms with Crippen molar-refractivity contribution >= 4 is 34.9 Å². The maximum absolute atomic E-state index is 14.4. The van der Waals surface area contributed by atoms with Crippen LogP contribution in [0.1, 0.15) is 25.8 Å². The SMILES string of the molecule is CCOC(=O)C1(C)CC(c2cc(-c3cnc(F)c(Cl)c3)c(F)cc2Cl)=NO1. The molecule has 0 spiro atoms. The molecule has 1 unspecified atom stereocenters. The Hall–Kier alpha value is -2.25. The fourth-order valence-electron chi connectivity index (χ4n) is 2.64. The van der Waals surface area contributed by atoms with Gasteiger partial charge in [0.1, 0.15) is 5.82 Å². The third kappa shape index (κ3) is 3.75. The maximum atomic E-state index is 14.4. The molecular weight excluding hydrogens is 401 g/mol. The first-order valence-corrected chi connectivity index (χ1v) is 8.74. The van der Waals surface area contributed by atoms with E-state index in [1.165, 1.54) is 12.1 Å². The standard InChI is InChI=1S/C18H14Cl2F2N2O3/c1-3-26-17(25)18(2)7-15(24-27-18)11-5-10(14(21)6-12(11)19)9-4-13(20)16(22)23-8-9/h4-6,8H,3,7H2,1-2H3. The van der Waals surface area contributed by atoms with E-state index in [1.54, 1.807) is 13.8 Å². The highest BCUT2D eigenvalue weighted by atomic mass is 35.5. The number of ether oxygens (including phenoxy) is 1. The van der Waals surface area contributed by atoms with E-state index in [1.807, 2.05) is 0 Å². The lowest BCUT2D eigenvalue weighted by Gasteiger charge is -2.18. The van der Waals surface area contributed by atoms with E-state index in [4.69, 9.17) is 32.8 Å². The van der Waals surface area contributed by atoms with Crippen LogP contribution in [0.15, 0.2) is 29.6 Å². The van der Waals surface area contributed by atoms with Gasteiger partial charge in [0.2, 0.25) is 11.5 Å². The molecule has 0 aliphatic carbocycles. The number of halogens is 4. The zero-order valence-electron chi connectivity index (χ0n) is 14.4. The van der Waals surface area contributed by atoms with E-state index in [9.17, 15) is 13.6 Å². The quantitative estimate of drug-likeness (QED) is 0.533. The summed E-state index contributed by atoms with van der Waals surface area (Å²) in [6, 6.07) is 3.80. The molecule has 0 fully saturated rings. The van der Waals surface area contributed by atoms with Gasteiger partial charge >= 0.3 is 5.97 Å². The van der Waals surface area contributed by atoms with Gasteiger partial charge in [-0.3, -0.25) is 0 Å². The predicted molar refractivity (Wildman–Crippen MR) is 96.9 cm³/mol. The third-order valence-electron chi connectivity index (χ3n) is 4.04. The Kier molecular flexibility index (Phi) is 5.35. The Bertz CT molecular complexity index is 952. The van der Waals surface area contributed by atoms with Gasteiger partial charge < -0.3 is 9.57 Å². The Labute approximate surface area is 163 Å². The van der Waals surface area contributed by atoms with Crippen LogP contribution in [0.3, 0.4) is 0 Å². The zero-order valence-corrected chi connectivity index (χ0v) is 15.9. The molecule has 1 aliphatic rings. The third-order valence-corrected chi connectivity index (χ3v) is 4.62. The summed E-state index contributed by atoms with van der Waals surface area (Å²) < 4.78 is 32.7. The van der Waals surface area contributed by atoms with Crippen molar-refractivity contribution in [1.82, 2.24) is 4.98 Å². The van der Waals surface area contributed by atoms with Crippen molar-refractivity contribution in [3.8, 4) is 11.1 Å². The summed E-state index contributed by atoms with van der Waals surface area (Å²) in [7, 11) is 0. The molecule has 2 aromatic rings. The Morgan fingerprint density at radius 1 is 1.26 bits per heavy atom. The zero-order chi connectivity index (χ0) is 19.8. The number of benzene rings is 1. The minimum Gasteiger partial charge on any atom is -0.463 e. The van der Waals surface area contributed by atoms with Crippen molar-refractivity contribution in [3.63, 3.8) is 0 Å². The Morgan fingerprint density at radius 2 is 2.00 bits per heavy atom. The van der Waals surface area contributed by atoms with Crippen molar-refractivity contribution in [2.75, 3.05) is 6.61 Å². The van der Waals surface area contributed by atoms with Gasteiger partial charge in [0, 0.05) is 29.3 Å². The van der Waals surface area contributed by atoms with E-state index in [0.29, 0.717) is 11.3 Å². The topological polar surface area (TPSA) is 60.8 Å². The molecule has 2 heterocycles. The van der Waals surface area contributed by atoms with E-state index >= 15 is 0 Å². The van der Waals surface area contributed by atoms with Gasteiger partial charge in [-0.25, -0.2) is 14.2 Å². The Balaban J connectivity index is 1.98. The van der Waals surface area contributed by atoms with E-state index in [2.05, 4.69) is 10.1 Å². The molecule has 0 N–H and O–H groups in total. The first-order valence-electron chi connectivity index (χ1n) is 7.98. The number of hydrogen-bond donors (Lipinski definition) is 0. The van der Waals surface area contributed by atoms with Crippen LogP contribution in [0.4, 0.5) is 8.78 Å². The van der Waals surface area contributed by atoms with Crippen molar-refractivity contribution < 1.29 is 23.1 Å². The van der Waals surface area contributed by atoms with Gasteiger partial charge in [0.05, 0.1) is 22.4 Å². The normalized spacial score (nSPS) is 18.8. The number of oxime groups is 1. The van der Waals surface area contributed by atoms with Gasteiger partial charge in [-0.15, -0.1) is 0 Å². The smallest absolute Gasteiger partial charge is 0.353 e. The van der Waals surface area contributed by atoms with Gasteiger partial charge in [0.15, 0.2) is 0 Å². The van der Waals surface area contributed by atoms with Gasteiger partial charge in [-0.1, -0.05) is 28.4 Å². The van der Waals surface area contributed by atoms with Crippen LogP contribution in [0.25, 0.3) is 11.1 Å². The number of carbonyl (C=O) groups is 1. The average molecular weight is 415 g/mol. The van der Waals surface area contributed by atoms with Crippen LogP contribution >= 0.6 is 23.2 Å². The molecule has 142 valence electrons. The second-order valence-electron chi connectivity index (χ2n) is 6.07. The van der Waals surface area contributed by atoms with Crippen LogP contribution in [0.5, 0.6) is 0 Å². The lowest BCUT2D eigenvalue weighted by molar-refractivity contribution is -0.166. The summed E-state index contributed by atoms with van der Waals surface area (Å²) in [4.78, 5) is 20.8. The number of nitrogens with zero attached hydrogens (tertiary/aromatic N) is 2. The van der Waals surface area contributed by atoms with Gasteiger partial charge in [-0.2, -0.15) is 4.39 Å². The molecule has 0 saturated heterocycles. The number of esters is 1. The highest BCUT2D eigenvalue weighted by molar-refractivity contribution is 6.34. The van der Waals surface area contributed by atoms with E-state index < -0.39 is 23.3 Å². The summed E-state index contributed by atoms with van der Waals surface area (Å²) in [5, 5.41) is 3.78. The van der Waals surface area contributed by atoms with Crippen LogP contribution in [-0.2, 0) is 14.4 Å². The van der Waals surface area contributed by atoms with Gasteiger partial charge in [0.25, 0.3) is 0 Å². The summed E-state index contributed by atoms with van der Waals surface area (Å²) in [6.45, 7) is 3.43. The summed E-state index contributed by atoms with van der Waals surface area (Å²) in [5.74, 6) is -2.05. The van der Waals surface area contributed by atoms with E-state index in [-0.39, 0.29) is 34.2 Å². The number of carbonyl (C=O) groups excluding carboxylic acids is 1. The number of aromatic nitrogens is 1. The fourth-order valence-corrected chi connectivity index (χ4v) is 3.06. The highest BCUT2D eigenvalue weighted by Gasteiger charge is 2.44. The number of hydrogen-bond acceptors (Lipinski definition) is 5. The first-order chi connectivity index (χ1) is 12.7. The van der Waals surface area contributed by atoms with Crippen molar-refractivity contribution in [3.05, 3.63) is 51.8 Å². The number of pyridine rings is 1. The summed E-state index contributed by atoms with van der Waals surface area (Å²) in [5.41, 5.74) is -0.176. The highest BCUT2D eigenvalue weighted by Crippen LogP contribution is 2.34. The molecule has 1 aromatic carbocycles. The Morgan fingerprint density at radius 3 is 2.67 bits per heavy atom.